The van der Waals surface area contributed by atoms with Crippen LogP contribution >= 0.6 is 0 Å². The molecule has 0 aliphatic carbocycles. The predicted molar refractivity (Wildman–Crippen MR) is 210 cm³/mol. The van der Waals surface area contributed by atoms with Crippen molar-refractivity contribution >= 4 is 39.0 Å². The van der Waals surface area contributed by atoms with Gasteiger partial charge in [0.15, 0.2) is 0 Å². The summed E-state index contributed by atoms with van der Waals surface area (Å²) in [7, 11) is 0. The number of furan rings is 1. The van der Waals surface area contributed by atoms with Crippen LogP contribution in [0.2, 0.25) is 0 Å². The second-order valence-corrected chi connectivity index (χ2v) is 12.6. The Kier molecular flexibility index (Phi) is 7.53. The fraction of sp³-hybridized carbons (Fsp3) is 0. The molecule has 2 heteroatoms. The monoisotopic (exact) mass is 639 g/mol. The second-order valence-electron chi connectivity index (χ2n) is 12.6. The largest absolute Gasteiger partial charge is 0.456 e. The van der Waals surface area contributed by atoms with Crippen LogP contribution in [0.4, 0.5) is 17.1 Å². The standard InChI is InChI=1S/C48H33NO/c1-4-12-34(13-5-1)36-20-25-40(26-21-36)49(41-27-22-37(23-28-41)35-14-6-2-7-15-35)42-29-30-43(45(33-42)38-16-8-3-9-17-38)39-24-31-48-46(32-39)44-18-10-11-19-47(44)50-48/h1-33H. The van der Waals surface area contributed by atoms with Crippen LogP contribution in [0.1, 0.15) is 0 Å². The van der Waals surface area contributed by atoms with Gasteiger partial charge in [-0.15, -0.1) is 0 Å². The predicted octanol–water partition coefficient (Wildman–Crippen LogP) is 13.7. The molecule has 1 aromatic heterocycles. The molecular weight excluding hydrogens is 607 g/mol. The maximum absolute atomic E-state index is 6.17. The lowest BCUT2D eigenvalue weighted by Gasteiger charge is -2.27. The SMILES string of the molecule is c1ccc(-c2ccc(N(c3ccc(-c4ccccc4)cc3)c3ccc(-c4ccc5oc6ccccc6c5c4)c(-c4ccccc4)c3)cc2)cc1. The molecule has 0 unspecified atom stereocenters. The van der Waals surface area contributed by atoms with E-state index in [4.69, 9.17) is 4.42 Å². The summed E-state index contributed by atoms with van der Waals surface area (Å²) in [6.07, 6.45) is 0. The fourth-order valence-electron chi connectivity index (χ4n) is 6.99. The number of rotatable bonds is 7. The highest BCUT2D eigenvalue weighted by atomic mass is 16.3. The van der Waals surface area contributed by atoms with Gasteiger partial charge in [0, 0.05) is 27.8 Å². The van der Waals surface area contributed by atoms with Crippen LogP contribution in [0.5, 0.6) is 0 Å². The Bertz CT molecular complexity index is 2470. The van der Waals surface area contributed by atoms with Crippen molar-refractivity contribution in [3.05, 3.63) is 200 Å². The molecule has 0 radical (unpaired) electrons. The molecule has 0 amide bonds. The van der Waals surface area contributed by atoms with Crippen LogP contribution in [0, 0.1) is 0 Å². The molecule has 9 aromatic rings. The number of nitrogens with zero attached hydrogens (tertiary/aromatic N) is 1. The van der Waals surface area contributed by atoms with Gasteiger partial charge in [0.1, 0.15) is 11.2 Å². The number of fused-ring (bicyclic) bond motifs is 3. The summed E-state index contributed by atoms with van der Waals surface area (Å²) in [6, 6.07) is 71.2. The molecular formula is C48H33NO. The van der Waals surface area contributed by atoms with Crippen molar-refractivity contribution in [2.75, 3.05) is 4.90 Å². The summed E-state index contributed by atoms with van der Waals surface area (Å²) in [6.45, 7) is 0. The Labute approximate surface area is 292 Å². The molecule has 0 spiro atoms. The van der Waals surface area contributed by atoms with Crippen molar-refractivity contribution < 1.29 is 4.42 Å². The molecule has 1 heterocycles. The first-order valence-corrected chi connectivity index (χ1v) is 17.0. The van der Waals surface area contributed by atoms with E-state index < -0.39 is 0 Å². The van der Waals surface area contributed by atoms with E-state index in [0.29, 0.717) is 0 Å². The zero-order chi connectivity index (χ0) is 33.3. The van der Waals surface area contributed by atoms with Crippen LogP contribution in [0.3, 0.4) is 0 Å². The zero-order valence-corrected chi connectivity index (χ0v) is 27.4. The van der Waals surface area contributed by atoms with Gasteiger partial charge in [-0.25, -0.2) is 0 Å². The van der Waals surface area contributed by atoms with Crippen molar-refractivity contribution in [3.63, 3.8) is 0 Å². The molecule has 0 saturated carbocycles. The summed E-state index contributed by atoms with van der Waals surface area (Å²) >= 11 is 0. The average molecular weight is 640 g/mol. The summed E-state index contributed by atoms with van der Waals surface area (Å²) in [4.78, 5) is 2.35. The van der Waals surface area contributed by atoms with Crippen molar-refractivity contribution in [2.24, 2.45) is 0 Å². The van der Waals surface area contributed by atoms with E-state index in [9.17, 15) is 0 Å². The highest BCUT2D eigenvalue weighted by Gasteiger charge is 2.18. The maximum Gasteiger partial charge on any atom is 0.135 e. The molecule has 0 aliphatic rings. The summed E-state index contributed by atoms with van der Waals surface area (Å²) < 4.78 is 6.17. The van der Waals surface area contributed by atoms with Gasteiger partial charge in [0.25, 0.3) is 0 Å². The van der Waals surface area contributed by atoms with E-state index in [1.54, 1.807) is 0 Å². The molecule has 0 saturated heterocycles. The highest BCUT2D eigenvalue weighted by Crippen LogP contribution is 2.42. The molecule has 8 aromatic carbocycles. The lowest BCUT2D eigenvalue weighted by Crippen LogP contribution is -2.10. The molecule has 0 fully saturated rings. The van der Waals surface area contributed by atoms with Crippen molar-refractivity contribution in [1.82, 2.24) is 0 Å². The van der Waals surface area contributed by atoms with E-state index in [1.165, 1.54) is 38.9 Å². The lowest BCUT2D eigenvalue weighted by molar-refractivity contribution is 0.669. The van der Waals surface area contributed by atoms with Crippen LogP contribution in [-0.2, 0) is 0 Å². The molecule has 50 heavy (non-hydrogen) atoms. The number of hydrogen-bond donors (Lipinski definition) is 0. The van der Waals surface area contributed by atoms with Gasteiger partial charge in [-0.2, -0.15) is 0 Å². The molecule has 0 atom stereocenters. The van der Waals surface area contributed by atoms with E-state index in [0.717, 1.165) is 44.6 Å². The average Bonchev–Trinajstić information content (AvgIpc) is 3.58. The Morgan fingerprint density at radius 1 is 0.280 bits per heavy atom. The van der Waals surface area contributed by atoms with Gasteiger partial charge in [-0.05, 0) is 99.1 Å². The van der Waals surface area contributed by atoms with Crippen molar-refractivity contribution in [1.29, 1.82) is 0 Å². The molecule has 0 N–H and O–H groups in total. The summed E-state index contributed by atoms with van der Waals surface area (Å²) in [5.41, 5.74) is 14.5. The number of benzene rings is 8. The lowest BCUT2D eigenvalue weighted by atomic mass is 9.92. The van der Waals surface area contributed by atoms with Gasteiger partial charge < -0.3 is 9.32 Å². The van der Waals surface area contributed by atoms with Gasteiger partial charge >= 0.3 is 0 Å². The minimum Gasteiger partial charge on any atom is -0.456 e. The number of anilines is 3. The van der Waals surface area contributed by atoms with Gasteiger partial charge in [0.05, 0.1) is 0 Å². The first-order valence-electron chi connectivity index (χ1n) is 17.0. The summed E-state index contributed by atoms with van der Waals surface area (Å²) in [5, 5.41) is 2.26. The van der Waals surface area contributed by atoms with Crippen molar-refractivity contribution in [3.8, 4) is 44.5 Å². The van der Waals surface area contributed by atoms with Crippen LogP contribution in [-0.4, -0.2) is 0 Å². The van der Waals surface area contributed by atoms with E-state index in [1.807, 2.05) is 12.1 Å². The van der Waals surface area contributed by atoms with Crippen LogP contribution in [0.25, 0.3) is 66.4 Å². The van der Waals surface area contributed by atoms with Gasteiger partial charge in [-0.1, -0.05) is 146 Å². The first-order chi connectivity index (χ1) is 24.8. The zero-order valence-electron chi connectivity index (χ0n) is 27.4. The third kappa shape index (κ3) is 5.53. The molecule has 236 valence electrons. The number of para-hydroxylation sites is 1. The third-order valence-electron chi connectivity index (χ3n) is 9.50. The molecule has 2 nitrogen and oxygen atoms in total. The van der Waals surface area contributed by atoms with E-state index in [-0.39, 0.29) is 0 Å². The number of hydrogen-bond acceptors (Lipinski definition) is 2. The summed E-state index contributed by atoms with van der Waals surface area (Å²) in [5.74, 6) is 0. The van der Waals surface area contributed by atoms with Gasteiger partial charge in [0.2, 0.25) is 0 Å². The topological polar surface area (TPSA) is 16.4 Å². The van der Waals surface area contributed by atoms with Crippen LogP contribution < -0.4 is 4.90 Å². The van der Waals surface area contributed by atoms with E-state index >= 15 is 0 Å². The Morgan fingerprint density at radius 3 is 1.34 bits per heavy atom. The molecule has 0 aliphatic heterocycles. The van der Waals surface area contributed by atoms with Crippen LogP contribution in [0.15, 0.2) is 205 Å². The molecule has 9 rings (SSSR count). The minimum atomic E-state index is 0.900. The first kappa shape index (κ1) is 29.5. The normalized spacial score (nSPS) is 11.2. The van der Waals surface area contributed by atoms with Gasteiger partial charge in [-0.3, -0.25) is 0 Å². The second kappa shape index (κ2) is 12.8. The maximum atomic E-state index is 6.17. The van der Waals surface area contributed by atoms with Crippen molar-refractivity contribution in [2.45, 2.75) is 0 Å². The third-order valence-corrected chi connectivity index (χ3v) is 9.50. The quantitative estimate of drug-likeness (QED) is 0.173. The minimum absolute atomic E-state index is 0.900. The Hall–Kier alpha value is -6.64. The Morgan fingerprint density at radius 2 is 0.740 bits per heavy atom. The smallest absolute Gasteiger partial charge is 0.135 e. The Balaban J connectivity index is 1.20. The highest BCUT2D eigenvalue weighted by molar-refractivity contribution is 6.07. The fourth-order valence-corrected chi connectivity index (χ4v) is 6.99. The van der Waals surface area contributed by atoms with E-state index in [2.05, 4.69) is 193 Å². The molecule has 0 bridgehead atoms.